The lowest BCUT2D eigenvalue weighted by molar-refractivity contribution is -0.135. The van der Waals surface area contributed by atoms with E-state index >= 15 is 0 Å². The number of rotatable bonds is 12. The Kier molecular flexibility index (Phi) is 10.4. The van der Waals surface area contributed by atoms with E-state index in [1.54, 1.807) is 0 Å². The molecule has 1 amide bonds. The van der Waals surface area contributed by atoms with Gasteiger partial charge < -0.3 is 19.5 Å². The number of β-amino-alcohol motifs (C(OH)–C–C–N with tert-alkyl or cyclic N) is 1. The second-order valence-corrected chi connectivity index (χ2v) is 10.9. The van der Waals surface area contributed by atoms with Gasteiger partial charge in [-0.1, -0.05) is 38.0 Å². The van der Waals surface area contributed by atoms with Crippen molar-refractivity contribution in [1.29, 1.82) is 0 Å². The van der Waals surface area contributed by atoms with Crippen LogP contribution in [0.1, 0.15) is 68.4 Å². The molecule has 2 aromatic rings. The Balaban J connectivity index is 1.16. The molecule has 1 saturated heterocycles. The van der Waals surface area contributed by atoms with Crippen molar-refractivity contribution >= 4 is 5.91 Å². The van der Waals surface area contributed by atoms with Crippen molar-refractivity contribution in [1.82, 2.24) is 9.80 Å². The van der Waals surface area contributed by atoms with Gasteiger partial charge in [-0.05, 0) is 78.8 Å². The number of halogens is 1. The highest BCUT2D eigenvalue weighted by Crippen LogP contribution is 2.41. The fraction of sp³-hybridized carbons (Fsp3) is 0.581. The molecule has 208 valence electrons. The van der Waals surface area contributed by atoms with E-state index in [2.05, 4.69) is 24.0 Å². The van der Waals surface area contributed by atoms with Gasteiger partial charge in [0.2, 0.25) is 0 Å². The molecule has 1 saturated carbocycles. The zero-order valence-electron chi connectivity index (χ0n) is 22.9. The first kappa shape index (κ1) is 28.4. The predicted molar refractivity (Wildman–Crippen MR) is 147 cm³/mol. The number of piperazine rings is 1. The third kappa shape index (κ3) is 7.70. The number of amides is 1. The minimum atomic E-state index is -0.307. The van der Waals surface area contributed by atoms with Crippen LogP contribution in [0.2, 0.25) is 0 Å². The van der Waals surface area contributed by atoms with Gasteiger partial charge >= 0.3 is 0 Å². The third-order valence-electron chi connectivity index (χ3n) is 8.39. The molecule has 6 nitrogen and oxygen atoms in total. The van der Waals surface area contributed by atoms with Crippen molar-refractivity contribution in [2.24, 2.45) is 5.92 Å². The molecule has 4 rings (SSSR count). The van der Waals surface area contributed by atoms with Crippen LogP contribution in [-0.2, 0) is 4.79 Å². The van der Waals surface area contributed by atoms with Crippen LogP contribution in [0.15, 0.2) is 42.5 Å². The summed E-state index contributed by atoms with van der Waals surface area (Å²) in [6.07, 6.45) is 7.21. The van der Waals surface area contributed by atoms with Crippen molar-refractivity contribution in [3.05, 3.63) is 59.4 Å². The first-order valence-corrected chi connectivity index (χ1v) is 14.1. The Labute approximate surface area is 226 Å². The summed E-state index contributed by atoms with van der Waals surface area (Å²) in [6, 6.07) is 13.5. The molecular formula is C31H43FN2O4. The van der Waals surface area contributed by atoms with E-state index in [0.717, 1.165) is 36.7 Å². The van der Waals surface area contributed by atoms with E-state index in [1.807, 2.05) is 29.2 Å². The fourth-order valence-corrected chi connectivity index (χ4v) is 5.94. The minimum absolute atomic E-state index is 0.0178. The number of nitrogens with zero attached hydrogens (tertiary/aromatic N) is 2. The number of carbonyl (C=O) groups is 1. The van der Waals surface area contributed by atoms with Crippen LogP contribution in [0.5, 0.6) is 11.5 Å². The SMILES string of the molecule is COc1cc(C(C)CCCC2CCC(c3ccc(OCC(=O)N4CCN(CCO)CC4)cc3)C2)ccc1F. The molecule has 2 fully saturated rings. The standard InChI is InChI=1S/C31H43FN2O4/c1-23(26-10-13-29(32)30(21-26)37-2)4-3-5-24-6-7-27(20-24)25-8-11-28(12-9-25)38-22-31(36)34-16-14-33(15-17-34)18-19-35/h8-13,21,23-24,27,35H,3-7,14-20,22H2,1-2H3. The van der Waals surface area contributed by atoms with Crippen molar-refractivity contribution in [2.45, 2.75) is 57.3 Å². The fourth-order valence-electron chi connectivity index (χ4n) is 5.94. The van der Waals surface area contributed by atoms with Gasteiger partial charge in [-0.25, -0.2) is 4.39 Å². The molecule has 0 bridgehead atoms. The summed E-state index contributed by atoms with van der Waals surface area (Å²) in [6.45, 7) is 6.06. The number of hydrogen-bond donors (Lipinski definition) is 1. The molecule has 1 heterocycles. The van der Waals surface area contributed by atoms with Crippen molar-refractivity contribution < 1.29 is 23.8 Å². The molecule has 0 aromatic heterocycles. The van der Waals surface area contributed by atoms with Gasteiger partial charge in [-0.15, -0.1) is 0 Å². The number of aliphatic hydroxyl groups excluding tert-OH is 1. The Morgan fingerprint density at radius 1 is 1.11 bits per heavy atom. The smallest absolute Gasteiger partial charge is 0.260 e. The number of hydrogen-bond acceptors (Lipinski definition) is 5. The highest BCUT2D eigenvalue weighted by Gasteiger charge is 2.26. The zero-order valence-corrected chi connectivity index (χ0v) is 22.9. The molecule has 3 unspecified atom stereocenters. The van der Waals surface area contributed by atoms with Gasteiger partial charge in [-0.2, -0.15) is 0 Å². The largest absolute Gasteiger partial charge is 0.494 e. The van der Waals surface area contributed by atoms with Gasteiger partial charge in [0.05, 0.1) is 13.7 Å². The lowest BCUT2D eigenvalue weighted by atomic mass is 9.91. The number of aliphatic hydroxyl groups is 1. The van der Waals surface area contributed by atoms with Gasteiger partial charge in [0.15, 0.2) is 18.2 Å². The van der Waals surface area contributed by atoms with Crippen molar-refractivity contribution in [3.63, 3.8) is 0 Å². The summed E-state index contributed by atoms with van der Waals surface area (Å²) in [5.74, 6) is 2.50. The molecule has 3 atom stereocenters. The van der Waals surface area contributed by atoms with Crippen LogP contribution in [0, 0.1) is 11.7 Å². The monoisotopic (exact) mass is 526 g/mol. The maximum Gasteiger partial charge on any atom is 0.260 e. The van der Waals surface area contributed by atoms with Gasteiger partial charge in [0.1, 0.15) is 5.75 Å². The Morgan fingerprint density at radius 2 is 1.87 bits per heavy atom. The summed E-state index contributed by atoms with van der Waals surface area (Å²) in [5.41, 5.74) is 2.50. The third-order valence-corrected chi connectivity index (χ3v) is 8.39. The normalized spacial score (nSPS) is 20.9. The quantitative estimate of drug-likeness (QED) is 0.412. The maximum absolute atomic E-state index is 13.7. The van der Waals surface area contributed by atoms with E-state index in [0.29, 0.717) is 37.2 Å². The molecular weight excluding hydrogens is 483 g/mol. The van der Waals surface area contributed by atoms with Gasteiger partial charge in [0, 0.05) is 32.7 Å². The van der Waals surface area contributed by atoms with Crippen molar-refractivity contribution in [3.8, 4) is 11.5 Å². The summed E-state index contributed by atoms with van der Waals surface area (Å²) in [4.78, 5) is 16.5. The second kappa shape index (κ2) is 13.9. The first-order chi connectivity index (χ1) is 18.5. The topological polar surface area (TPSA) is 62.2 Å². The highest BCUT2D eigenvalue weighted by atomic mass is 19.1. The lowest BCUT2D eigenvalue weighted by Crippen LogP contribution is -2.50. The summed E-state index contributed by atoms with van der Waals surface area (Å²) in [5, 5.41) is 9.06. The maximum atomic E-state index is 13.7. The second-order valence-electron chi connectivity index (χ2n) is 10.9. The molecule has 2 aromatic carbocycles. The predicted octanol–water partition coefficient (Wildman–Crippen LogP) is 5.21. The molecule has 0 radical (unpaired) electrons. The van der Waals surface area contributed by atoms with E-state index in [-0.39, 0.29) is 24.9 Å². The number of benzene rings is 2. The van der Waals surface area contributed by atoms with Crippen LogP contribution in [0.25, 0.3) is 0 Å². The summed E-state index contributed by atoms with van der Waals surface area (Å²) in [7, 11) is 1.51. The Morgan fingerprint density at radius 3 is 2.58 bits per heavy atom. The first-order valence-electron chi connectivity index (χ1n) is 14.1. The lowest BCUT2D eigenvalue weighted by Gasteiger charge is -2.34. The Bertz CT molecular complexity index is 1020. The molecule has 2 aliphatic rings. The average Bonchev–Trinajstić information content (AvgIpc) is 3.41. The number of carbonyl (C=O) groups excluding carboxylic acids is 1. The van der Waals surface area contributed by atoms with Crippen LogP contribution in [0.3, 0.4) is 0 Å². The average molecular weight is 527 g/mol. The van der Waals surface area contributed by atoms with E-state index in [4.69, 9.17) is 14.6 Å². The van der Waals surface area contributed by atoms with Crippen LogP contribution < -0.4 is 9.47 Å². The molecule has 1 aliphatic carbocycles. The molecule has 7 heteroatoms. The van der Waals surface area contributed by atoms with Crippen LogP contribution >= 0.6 is 0 Å². The molecule has 1 N–H and O–H groups in total. The van der Waals surface area contributed by atoms with Crippen molar-refractivity contribution in [2.75, 3.05) is 53.0 Å². The summed E-state index contributed by atoms with van der Waals surface area (Å²) >= 11 is 0. The minimum Gasteiger partial charge on any atom is -0.494 e. The van der Waals surface area contributed by atoms with Gasteiger partial charge in [0.25, 0.3) is 5.91 Å². The van der Waals surface area contributed by atoms with E-state index in [1.165, 1.54) is 50.8 Å². The van der Waals surface area contributed by atoms with E-state index in [9.17, 15) is 9.18 Å². The van der Waals surface area contributed by atoms with E-state index < -0.39 is 0 Å². The van der Waals surface area contributed by atoms with Crippen LogP contribution in [0.4, 0.5) is 4.39 Å². The van der Waals surface area contributed by atoms with Gasteiger partial charge in [-0.3, -0.25) is 9.69 Å². The molecule has 0 spiro atoms. The van der Waals surface area contributed by atoms with Crippen LogP contribution in [-0.4, -0.2) is 73.9 Å². The zero-order chi connectivity index (χ0) is 26.9. The number of methoxy groups -OCH3 is 1. The summed E-state index contributed by atoms with van der Waals surface area (Å²) < 4.78 is 24.6. The molecule has 38 heavy (non-hydrogen) atoms. The Hall–Kier alpha value is -2.64. The number of ether oxygens (including phenoxy) is 2. The molecule has 1 aliphatic heterocycles. The highest BCUT2D eigenvalue weighted by molar-refractivity contribution is 5.77.